The summed E-state index contributed by atoms with van der Waals surface area (Å²) in [5.41, 5.74) is 3.27. The van der Waals surface area contributed by atoms with Crippen molar-refractivity contribution < 1.29 is 9.72 Å². The standard InChI is InChI=1S/C22H26N4O3/c1-15-3-2-4-19(13-15)23-18-9-11-25(12-10-18)20-8-5-16(14-21(20)26(28)29)22(27)24-17-6-7-17/h2-5,8,13-14,17-18,23H,6-7,9-12H2,1H3,(H,24,27). The van der Waals surface area contributed by atoms with Gasteiger partial charge in [-0.25, -0.2) is 0 Å². The van der Waals surface area contributed by atoms with Crippen molar-refractivity contribution in [3.05, 3.63) is 63.7 Å². The summed E-state index contributed by atoms with van der Waals surface area (Å²) in [7, 11) is 0. The number of hydrogen-bond donors (Lipinski definition) is 2. The summed E-state index contributed by atoms with van der Waals surface area (Å²) in [5, 5.41) is 18.1. The molecule has 0 aromatic heterocycles. The Morgan fingerprint density at radius 3 is 2.48 bits per heavy atom. The lowest BCUT2D eigenvalue weighted by Crippen LogP contribution is -2.39. The maximum atomic E-state index is 12.2. The molecule has 0 atom stereocenters. The molecule has 152 valence electrons. The number of piperidine rings is 1. The van der Waals surface area contributed by atoms with Crippen molar-refractivity contribution in [2.24, 2.45) is 0 Å². The van der Waals surface area contributed by atoms with Crippen molar-refractivity contribution in [3.63, 3.8) is 0 Å². The van der Waals surface area contributed by atoms with Crippen LogP contribution < -0.4 is 15.5 Å². The Labute approximate surface area is 170 Å². The summed E-state index contributed by atoms with van der Waals surface area (Å²) in [4.78, 5) is 25.6. The highest BCUT2D eigenvalue weighted by Crippen LogP contribution is 2.32. The fourth-order valence-electron chi connectivity index (χ4n) is 3.81. The number of anilines is 2. The molecule has 2 fully saturated rings. The Kier molecular flexibility index (Phi) is 5.38. The zero-order chi connectivity index (χ0) is 20.4. The van der Waals surface area contributed by atoms with Gasteiger partial charge in [0.25, 0.3) is 11.6 Å². The minimum absolute atomic E-state index is 0.00135. The summed E-state index contributed by atoms with van der Waals surface area (Å²) in [6.07, 6.45) is 3.76. The highest BCUT2D eigenvalue weighted by molar-refractivity contribution is 5.96. The molecule has 1 aliphatic carbocycles. The lowest BCUT2D eigenvalue weighted by atomic mass is 10.0. The van der Waals surface area contributed by atoms with Crippen LogP contribution in [0.25, 0.3) is 0 Å². The molecule has 0 unspecified atom stereocenters. The maximum Gasteiger partial charge on any atom is 0.293 e. The van der Waals surface area contributed by atoms with Crippen LogP contribution in [0.15, 0.2) is 42.5 Å². The third-order valence-corrected chi connectivity index (χ3v) is 5.57. The number of carbonyl (C=O) groups excluding carboxylic acids is 1. The number of nitrogens with one attached hydrogen (secondary N) is 2. The molecule has 1 heterocycles. The topological polar surface area (TPSA) is 87.5 Å². The second-order valence-electron chi connectivity index (χ2n) is 7.98. The van der Waals surface area contributed by atoms with E-state index in [4.69, 9.17) is 0 Å². The second-order valence-corrected chi connectivity index (χ2v) is 7.98. The highest BCUT2D eigenvalue weighted by atomic mass is 16.6. The van der Waals surface area contributed by atoms with Gasteiger partial charge in [-0.2, -0.15) is 0 Å². The monoisotopic (exact) mass is 394 g/mol. The summed E-state index contributed by atoms with van der Waals surface area (Å²) in [6.45, 7) is 3.54. The third-order valence-electron chi connectivity index (χ3n) is 5.57. The minimum atomic E-state index is -0.389. The smallest absolute Gasteiger partial charge is 0.293 e. The van der Waals surface area contributed by atoms with Crippen LogP contribution in [0.1, 0.15) is 41.6 Å². The predicted octanol–water partition coefficient (Wildman–Crippen LogP) is 3.88. The predicted molar refractivity (Wildman–Crippen MR) is 114 cm³/mol. The molecule has 1 aliphatic heterocycles. The molecule has 7 heteroatoms. The molecular formula is C22H26N4O3. The van der Waals surface area contributed by atoms with Crippen LogP contribution in [0.4, 0.5) is 17.1 Å². The molecule has 29 heavy (non-hydrogen) atoms. The van der Waals surface area contributed by atoms with Gasteiger partial charge in [-0.3, -0.25) is 14.9 Å². The van der Waals surface area contributed by atoms with Crippen molar-refractivity contribution in [2.45, 2.75) is 44.7 Å². The van der Waals surface area contributed by atoms with Gasteiger partial charge in [-0.1, -0.05) is 12.1 Å². The summed E-state index contributed by atoms with van der Waals surface area (Å²) in [5.74, 6) is -0.233. The number of aryl methyl sites for hydroxylation is 1. The van der Waals surface area contributed by atoms with Crippen molar-refractivity contribution in [1.82, 2.24) is 5.32 Å². The summed E-state index contributed by atoms with van der Waals surface area (Å²) < 4.78 is 0. The number of rotatable bonds is 6. The van der Waals surface area contributed by atoms with E-state index < -0.39 is 0 Å². The normalized spacial score (nSPS) is 17.1. The van der Waals surface area contributed by atoms with Crippen LogP contribution in [0.2, 0.25) is 0 Å². The first-order chi connectivity index (χ1) is 14.0. The van der Waals surface area contributed by atoms with E-state index in [1.165, 1.54) is 11.6 Å². The number of nitro benzene ring substituents is 1. The molecule has 1 amide bonds. The molecule has 0 radical (unpaired) electrons. The SMILES string of the molecule is Cc1cccc(NC2CCN(c3ccc(C(=O)NC4CC4)cc3[N+](=O)[O-])CC2)c1. The van der Waals surface area contributed by atoms with E-state index in [0.717, 1.165) is 44.5 Å². The van der Waals surface area contributed by atoms with E-state index in [1.807, 2.05) is 6.07 Å². The van der Waals surface area contributed by atoms with Crippen LogP contribution in [-0.2, 0) is 0 Å². The summed E-state index contributed by atoms with van der Waals surface area (Å²) >= 11 is 0. The number of nitro groups is 1. The number of benzene rings is 2. The Hall–Kier alpha value is -3.09. The molecule has 0 bridgehead atoms. The Morgan fingerprint density at radius 1 is 1.07 bits per heavy atom. The number of amides is 1. The molecule has 0 spiro atoms. The van der Waals surface area contributed by atoms with Gasteiger partial charge in [0.15, 0.2) is 0 Å². The largest absolute Gasteiger partial charge is 0.382 e. The van der Waals surface area contributed by atoms with Crippen molar-refractivity contribution in [2.75, 3.05) is 23.3 Å². The molecule has 2 aromatic rings. The minimum Gasteiger partial charge on any atom is -0.382 e. The van der Waals surface area contributed by atoms with E-state index in [9.17, 15) is 14.9 Å². The van der Waals surface area contributed by atoms with Gasteiger partial charge in [0, 0.05) is 42.5 Å². The fourth-order valence-corrected chi connectivity index (χ4v) is 3.81. The zero-order valence-electron chi connectivity index (χ0n) is 16.6. The van der Waals surface area contributed by atoms with Gasteiger partial charge < -0.3 is 15.5 Å². The lowest BCUT2D eigenvalue weighted by molar-refractivity contribution is -0.384. The number of hydrogen-bond acceptors (Lipinski definition) is 5. The average molecular weight is 394 g/mol. The van der Waals surface area contributed by atoms with Gasteiger partial charge in [-0.05, 0) is 62.4 Å². The average Bonchev–Trinajstić information content (AvgIpc) is 3.52. The molecule has 2 N–H and O–H groups in total. The first-order valence-electron chi connectivity index (χ1n) is 10.2. The van der Waals surface area contributed by atoms with Crippen molar-refractivity contribution in [1.29, 1.82) is 0 Å². The van der Waals surface area contributed by atoms with Crippen molar-refractivity contribution in [3.8, 4) is 0 Å². The van der Waals surface area contributed by atoms with Crippen LogP contribution >= 0.6 is 0 Å². The number of nitrogens with zero attached hydrogens (tertiary/aromatic N) is 2. The summed E-state index contributed by atoms with van der Waals surface area (Å²) in [6, 6.07) is 13.7. The van der Waals surface area contributed by atoms with Gasteiger partial charge in [0.1, 0.15) is 5.69 Å². The van der Waals surface area contributed by atoms with Gasteiger partial charge in [0.2, 0.25) is 0 Å². The van der Waals surface area contributed by atoms with Crippen LogP contribution in [0.5, 0.6) is 0 Å². The fraction of sp³-hybridized carbons (Fsp3) is 0.409. The Bertz CT molecular complexity index is 918. The third kappa shape index (κ3) is 4.67. The molecule has 2 aromatic carbocycles. The Balaban J connectivity index is 1.43. The van der Waals surface area contributed by atoms with Gasteiger partial charge >= 0.3 is 0 Å². The molecule has 2 aliphatic rings. The molecule has 1 saturated carbocycles. The number of carbonyl (C=O) groups is 1. The lowest BCUT2D eigenvalue weighted by Gasteiger charge is -2.34. The molecular weight excluding hydrogens is 368 g/mol. The molecule has 7 nitrogen and oxygen atoms in total. The van der Waals surface area contributed by atoms with E-state index in [2.05, 4.69) is 40.7 Å². The highest BCUT2D eigenvalue weighted by Gasteiger charge is 2.28. The Morgan fingerprint density at radius 2 is 1.83 bits per heavy atom. The molecule has 4 rings (SSSR count). The van der Waals surface area contributed by atoms with Gasteiger partial charge in [-0.15, -0.1) is 0 Å². The van der Waals surface area contributed by atoms with Crippen LogP contribution in [0, 0.1) is 17.0 Å². The first kappa shape index (κ1) is 19.2. The van der Waals surface area contributed by atoms with Gasteiger partial charge in [0.05, 0.1) is 4.92 Å². The molecule has 1 saturated heterocycles. The zero-order valence-corrected chi connectivity index (χ0v) is 16.6. The quantitative estimate of drug-likeness (QED) is 0.574. The van der Waals surface area contributed by atoms with E-state index >= 15 is 0 Å². The van der Waals surface area contributed by atoms with Crippen LogP contribution in [-0.4, -0.2) is 36.0 Å². The maximum absolute atomic E-state index is 12.2. The first-order valence-corrected chi connectivity index (χ1v) is 10.2. The van der Waals surface area contributed by atoms with Crippen LogP contribution in [0.3, 0.4) is 0 Å². The van der Waals surface area contributed by atoms with E-state index in [0.29, 0.717) is 17.3 Å². The second kappa shape index (κ2) is 8.11. The van der Waals surface area contributed by atoms with Crippen molar-refractivity contribution >= 4 is 23.0 Å². The van der Waals surface area contributed by atoms with E-state index in [-0.39, 0.29) is 22.6 Å². The van der Waals surface area contributed by atoms with E-state index in [1.54, 1.807) is 12.1 Å².